The number of fused-ring (bicyclic) bond motifs is 1. The highest BCUT2D eigenvalue weighted by atomic mass is 35.5. The number of benzene rings is 3. The number of methoxy groups -OCH3 is 1. The topological polar surface area (TPSA) is 46.2 Å². The molecule has 0 unspecified atom stereocenters. The smallest absolute Gasteiger partial charge is 0.123 e. The molecular formula is C26H26ClF2N3O. The number of nitrogens with zero attached hydrogens (tertiary/aromatic N) is 1. The summed E-state index contributed by atoms with van der Waals surface area (Å²) in [5.41, 5.74) is 4.66. The molecule has 4 rings (SSSR count). The van der Waals surface area contributed by atoms with Crippen LogP contribution in [0.2, 0.25) is 0 Å². The molecule has 0 amide bonds. The van der Waals surface area contributed by atoms with Gasteiger partial charge < -0.3 is 15.4 Å². The molecule has 0 bridgehead atoms. The molecule has 2 N–H and O–H groups in total. The van der Waals surface area contributed by atoms with Gasteiger partial charge in [0, 0.05) is 35.9 Å². The second kappa shape index (κ2) is 11.6. The Morgan fingerprint density at radius 1 is 0.848 bits per heavy atom. The van der Waals surface area contributed by atoms with Crippen molar-refractivity contribution >= 4 is 29.0 Å². The fraction of sp³-hybridized carbons (Fsp3) is 0.192. The third-order valence-electron chi connectivity index (χ3n) is 5.32. The molecule has 4 nitrogen and oxygen atoms in total. The molecule has 0 atom stereocenters. The van der Waals surface area contributed by atoms with Gasteiger partial charge in [-0.25, -0.2) is 8.78 Å². The van der Waals surface area contributed by atoms with Crippen LogP contribution in [-0.2, 0) is 6.54 Å². The zero-order chi connectivity index (χ0) is 22.3. The largest absolute Gasteiger partial charge is 0.496 e. The third-order valence-corrected chi connectivity index (χ3v) is 5.32. The summed E-state index contributed by atoms with van der Waals surface area (Å²) in [6, 6.07) is 19.0. The molecule has 4 aromatic rings. The van der Waals surface area contributed by atoms with E-state index in [0.717, 1.165) is 52.8 Å². The molecule has 172 valence electrons. The van der Waals surface area contributed by atoms with Crippen LogP contribution in [0, 0.1) is 11.6 Å². The predicted molar refractivity (Wildman–Crippen MR) is 132 cm³/mol. The third kappa shape index (κ3) is 6.18. The van der Waals surface area contributed by atoms with Crippen LogP contribution < -0.4 is 15.4 Å². The minimum Gasteiger partial charge on any atom is -0.496 e. The molecule has 0 saturated carbocycles. The van der Waals surface area contributed by atoms with Gasteiger partial charge in [0.1, 0.15) is 17.4 Å². The fourth-order valence-electron chi connectivity index (χ4n) is 3.67. The Balaban J connectivity index is 0.00000306. The minimum atomic E-state index is -0.267. The molecule has 3 aromatic carbocycles. The molecule has 1 heterocycles. The van der Waals surface area contributed by atoms with Crippen molar-refractivity contribution in [2.75, 3.05) is 25.5 Å². The summed E-state index contributed by atoms with van der Waals surface area (Å²) < 4.78 is 31.9. The first-order chi connectivity index (χ1) is 15.6. The molecule has 0 spiro atoms. The molecule has 0 fully saturated rings. The summed E-state index contributed by atoms with van der Waals surface area (Å²) in [6.07, 6.45) is 2.68. The average Bonchev–Trinajstić information content (AvgIpc) is 2.81. The molecule has 7 heteroatoms. The highest BCUT2D eigenvalue weighted by molar-refractivity contribution is 5.93. The van der Waals surface area contributed by atoms with E-state index in [2.05, 4.69) is 15.6 Å². The first kappa shape index (κ1) is 24.4. The Kier molecular flexibility index (Phi) is 8.58. The number of hydrogen-bond acceptors (Lipinski definition) is 4. The summed E-state index contributed by atoms with van der Waals surface area (Å²) in [5.74, 6) is 0.167. The minimum absolute atomic E-state index is 0. The van der Waals surface area contributed by atoms with Gasteiger partial charge >= 0.3 is 0 Å². The maximum absolute atomic E-state index is 13.5. The van der Waals surface area contributed by atoms with Crippen molar-refractivity contribution in [2.24, 2.45) is 0 Å². The number of ether oxygens (including phenoxy) is 1. The van der Waals surface area contributed by atoms with Gasteiger partial charge in [0.25, 0.3) is 0 Å². The van der Waals surface area contributed by atoms with Gasteiger partial charge in [-0.3, -0.25) is 4.98 Å². The highest BCUT2D eigenvalue weighted by Gasteiger charge is 2.06. The van der Waals surface area contributed by atoms with Crippen molar-refractivity contribution in [3.05, 3.63) is 90.1 Å². The van der Waals surface area contributed by atoms with Gasteiger partial charge in [0.05, 0.1) is 12.6 Å². The average molecular weight is 470 g/mol. The fourth-order valence-corrected chi connectivity index (χ4v) is 3.67. The first-order valence-corrected chi connectivity index (χ1v) is 10.6. The number of anilines is 1. The van der Waals surface area contributed by atoms with Crippen molar-refractivity contribution in [3.8, 4) is 16.9 Å². The lowest BCUT2D eigenvalue weighted by atomic mass is 10.0. The van der Waals surface area contributed by atoms with Crippen LogP contribution in [0.3, 0.4) is 0 Å². The van der Waals surface area contributed by atoms with Crippen LogP contribution in [0.5, 0.6) is 5.75 Å². The molecule has 1 aromatic heterocycles. The molecular weight excluding hydrogens is 444 g/mol. The predicted octanol–water partition coefficient (Wildman–Crippen LogP) is 6.20. The molecule has 0 aliphatic carbocycles. The van der Waals surface area contributed by atoms with Gasteiger partial charge in [-0.05, 0) is 66.6 Å². The molecule has 0 saturated heterocycles. The van der Waals surface area contributed by atoms with Crippen LogP contribution in [0.15, 0.2) is 72.9 Å². The quantitative estimate of drug-likeness (QED) is 0.286. The van der Waals surface area contributed by atoms with Gasteiger partial charge in [-0.1, -0.05) is 24.3 Å². The second-order valence-electron chi connectivity index (χ2n) is 7.51. The van der Waals surface area contributed by atoms with E-state index in [0.29, 0.717) is 12.3 Å². The summed E-state index contributed by atoms with van der Waals surface area (Å²) in [6.45, 7) is 2.11. The van der Waals surface area contributed by atoms with E-state index < -0.39 is 0 Å². The maximum atomic E-state index is 13.5. The van der Waals surface area contributed by atoms with E-state index >= 15 is 0 Å². The summed E-state index contributed by atoms with van der Waals surface area (Å²) in [7, 11) is 1.59. The normalized spacial score (nSPS) is 10.6. The van der Waals surface area contributed by atoms with E-state index in [1.54, 1.807) is 31.5 Å². The van der Waals surface area contributed by atoms with Crippen molar-refractivity contribution in [2.45, 2.75) is 13.0 Å². The van der Waals surface area contributed by atoms with Gasteiger partial charge in [-0.15, -0.1) is 12.4 Å². The van der Waals surface area contributed by atoms with Gasteiger partial charge in [0.15, 0.2) is 0 Å². The number of aromatic nitrogens is 1. The van der Waals surface area contributed by atoms with Crippen molar-refractivity contribution < 1.29 is 13.5 Å². The Morgan fingerprint density at radius 3 is 2.39 bits per heavy atom. The summed E-state index contributed by atoms with van der Waals surface area (Å²) in [5, 5.41) is 7.84. The Morgan fingerprint density at radius 2 is 1.61 bits per heavy atom. The van der Waals surface area contributed by atoms with Gasteiger partial charge in [-0.2, -0.15) is 0 Å². The van der Waals surface area contributed by atoms with Crippen LogP contribution in [-0.4, -0.2) is 25.2 Å². The Bertz CT molecular complexity index is 1200. The number of hydrogen-bond donors (Lipinski definition) is 2. The standard InChI is InChI=1S/C26H25F2N3O.ClH/c1-32-26-10-8-22(28)15-20(26)17-29-12-2-13-30-24-11-14-31-25-16-19(5-9-23(24)25)18-3-6-21(27)7-4-18;/h3-11,14-16,29H,2,12-13,17H2,1H3,(H,30,31);1H. The molecule has 0 aliphatic heterocycles. The first-order valence-electron chi connectivity index (χ1n) is 10.6. The summed E-state index contributed by atoms with van der Waals surface area (Å²) >= 11 is 0. The lowest BCUT2D eigenvalue weighted by Gasteiger charge is -2.12. The lowest BCUT2D eigenvalue weighted by molar-refractivity contribution is 0.406. The monoisotopic (exact) mass is 469 g/mol. The maximum Gasteiger partial charge on any atom is 0.123 e. The molecule has 33 heavy (non-hydrogen) atoms. The highest BCUT2D eigenvalue weighted by Crippen LogP contribution is 2.27. The zero-order valence-electron chi connectivity index (χ0n) is 18.3. The van der Waals surface area contributed by atoms with E-state index in [9.17, 15) is 8.78 Å². The van der Waals surface area contributed by atoms with Crippen LogP contribution >= 0.6 is 12.4 Å². The van der Waals surface area contributed by atoms with Crippen LogP contribution in [0.1, 0.15) is 12.0 Å². The number of rotatable bonds is 9. The van der Waals surface area contributed by atoms with E-state index in [1.165, 1.54) is 24.3 Å². The zero-order valence-corrected chi connectivity index (χ0v) is 19.1. The van der Waals surface area contributed by atoms with E-state index in [-0.39, 0.29) is 24.0 Å². The number of nitrogens with one attached hydrogen (secondary N) is 2. The van der Waals surface area contributed by atoms with Crippen molar-refractivity contribution in [3.63, 3.8) is 0 Å². The summed E-state index contributed by atoms with van der Waals surface area (Å²) in [4.78, 5) is 4.49. The second-order valence-corrected chi connectivity index (χ2v) is 7.51. The Hall–Kier alpha value is -3.22. The number of pyridine rings is 1. The van der Waals surface area contributed by atoms with Crippen molar-refractivity contribution in [1.29, 1.82) is 0 Å². The van der Waals surface area contributed by atoms with E-state index in [4.69, 9.17) is 4.74 Å². The number of halogens is 3. The molecule has 0 radical (unpaired) electrons. The van der Waals surface area contributed by atoms with Crippen molar-refractivity contribution in [1.82, 2.24) is 10.3 Å². The Labute approximate surface area is 198 Å². The molecule has 0 aliphatic rings. The van der Waals surface area contributed by atoms with Gasteiger partial charge in [0.2, 0.25) is 0 Å². The van der Waals surface area contributed by atoms with Crippen LogP contribution in [0.4, 0.5) is 14.5 Å². The lowest BCUT2D eigenvalue weighted by Crippen LogP contribution is -2.18. The van der Waals surface area contributed by atoms with E-state index in [1.807, 2.05) is 24.3 Å². The van der Waals surface area contributed by atoms with Crippen LogP contribution in [0.25, 0.3) is 22.0 Å². The SMILES string of the molecule is COc1ccc(F)cc1CNCCCNc1ccnc2cc(-c3ccc(F)cc3)ccc12.Cl.